The summed E-state index contributed by atoms with van der Waals surface area (Å²) in [5.41, 5.74) is 2.37. The molecule has 1 atom stereocenters. The van der Waals surface area contributed by atoms with Crippen LogP contribution in [0, 0.1) is 0 Å². The lowest BCUT2D eigenvalue weighted by Gasteiger charge is -2.15. The van der Waals surface area contributed by atoms with Crippen LogP contribution in [0.15, 0.2) is 64.2 Å². The molecule has 0 saturated heterocycles. The highest BCUT2D eigenvalue weighted by atomic mass is 127. The summed E-state index contributed by atoms with van der Waals surface area (Å²) >= 11 is 2.35. The topological polar surface area (TPSA) is 9.23 Å². The number of benzene rings is 2. The van der Waals surface area contributed by atoms with Crippen LogP contribution in [0.2, 0.25) is 0 Å². The van der Waals surface area contributed by atoms with Crippen molar-refractivity contribution in [3.05, 3.63) is 75.4 Å². The van der Waals surface area contributed by atoms with Crippen molar-refractivity contribution in [3.8, 4) is 0 Å². The van der Waals surface area contributed by atoms with Crippen LogP contribution in [0.3, 0.4) is 0 Å². The van der Waals surface area contributed by atoms with Gasteiger partial charge in [0.25, 0.3) is 0 Å². The first kappa shape index (κ1) is 13.3. The zero-order valence-corrected chi connectivity index (χ0v) is 12.4. The highest BCUT2D eigenvalue weighted by Gasteiger charge is 2.13. The van der Waals surface area contributed by atoms with Crippen LogP contribution in [0.5, 0.6) is 0 Å². The van der Waals surface area contributed by atoms with Crippen LogP contribution in [0.25, 0.3) is 6.08 Å². The van der Waals surface area contributed by atoms with Gasteiger partial charge in [-0.1, -0.05) is 60.7 Å². The first-order valence-corrected chi connectivity index (χ1v) is 6.89. The molecule has 0 aliphatic heterocycles. The van der Waals surface area contributed by atoms with Crippen molar-refractivity contribution in [3.63, 3.8) is 0 Å². The molecular formula is C16H15IO. The van der Waals surface area contributed by atoms with E-state index in [0.717, 1.165) is 0 Å². The third kappa shape index (κ3) is 3.43. The van der Waals surface area contributed by atoms with E-state index in [2.05, 4.69) is 52.9 Å². The van der Waals surface area contributed by atoms with E-state index < -0.39 is 0 Å². The molecule has 0 heterocycles. The monoisotopic (exact) mass is 350 g/mol. The van der Waals surface area contributed by atoms with Crippen molar-refractivity contribution in [1.82, 2.24) is 0 Å². The Morgan fingerprint density at radius 1 is 1.00 bits per heavy atom. The van der Waals surface area contributed by atoms with E-state index in [1.807, 2.05) is 36.4 Å². The molecule has 0 radical (unpaired) electrons. The minimum absolute atomic E-state index is 0.00649. The Balaban J connectivity index is 2.26. The number of ether oxygens (including phenoxy) is 1. The fourth-order valence-electron chi connectivity index (χ4n) is 1.82. The molecular weight excluding hydrogens is 335 g/mol. The predicted molar refractivity (Wildman–Crippen MR) is 84.6 cm³/mol. The molecule has 0 N–H and O–H groups in total. The molecule has 1 unspecified atom stereocenters. The van der Waals surface area contributed by atoms with Crippen molar-refractivity contribution in [2.75, 3.05) is 7.11 Å². The van der Waals surface area contributed by atoms with Gasteiger partial charge in [-0.05, 0) is 39.8 Å². The summed E-state index contributed by atoms with van der Waals surface area (Å²) < 4.78 is 6.77. The third-order valence-electron chi connectivity index (χ3n) is 2.69. The molecule has 0 aliphatic carbocycles. The number of halogens is 1. The summed E-state index contributed by atoms with van der Waals surface area (Å²) in [6.07, 6.45) is 2.16. The lowest BCUT2D eigenvalue weighted by atomic mass is 10.1. The molecule has 2 aromatic rings. The van der Waals surface area contributed by atoms with Gasteiger partial charge in [0, 0.05) is 10.7 Å². The second kappa shape index (κ2) is 6.71. The SMILES string of the molecule is COC(C(I)=Cc1ccccc1)c1ccccc1. The maximum atomic E-state index is 5.59. The molecule has 0 fully saturated rings. The Hall–Kier alpha value is -1.13. The van der Waals surface area contributed by atoms with Crippen LogP contribution >= 0.6 is 22.6 Å². The van der Waals surface area contributed by atoms with Gasteiger partial charge in [-0.3, -0.25) is 0 Å². The van der Waals surface area contributed by atoms with Gasteiger partial charge in [-0.2, -0.15) is 0 Å². The lowest BCUT2D eigenvalue weighted by Crippen LogP contribution is -2.00. The van der Waals surface area contributed by atoms with E-state index in [-0.39, 0.29) is 6.10 Å². The molecule has 0 aliphatic rings. The van der Waals surface area contributed by atoms with Crippen LogP contribution in [-0.2, 0) is 4.74 Å². The first-order chi connectivity index (χ1) is 8.81. The number of methoxy groups -OCH3 is 1. The van der Waals surface area contributed by atoms with Gasteiger partial charge in [-0.15, -0.1) is 0 Å². The average molecular weight is 350 g/mol. The second-order valence-corrected chi connectivity index (χ2v) is 5.21. The Morgan fingerprint density at radius 2 is 1.56 bits per heavy atom. The fourth-order valence-corrected chi connectivity index (χ4v) is 2.79. The Kier molecular flexibility index (Phi) is 4.96. The van der Waals surface area contributed by atoms with Crippen LogP contribution in [0.1, 0.15) is 17.2 Å². The second-order valence-electron chi connectivity index (χ2n) is 3.97. The molecule has 0 saturated carbocycles. The van der Waals surface area contributed by atoms with Crippen molar-refractivity contribution in [2.24, 2.45) is 0 Å². The zero-order chi connectivity index (χ0) is 12.8. The number of hydrogen-bond acceptors (Lipinski definition) is 1. The summed E-state index contributed by atoms with van der Waals surface area (Å²) in [5.74, 6) is 0. The van der Waals surface area contributed by atoms with E-state index in [1.165, 1.54) is 14.7 Å². The van der Waals surface area contributed by atoms with Gasteiger partial charge in [0.05, 0.1) is 0 Å². The summed E-state index contributed by atoms with van der Waals surface area (Å²) in [6, 6.07) is 20.6. The van der Waals surface area contributed by atoms with Crippen molar-refractivity contribution in [2.45, 2.75) is 6.10 Å². The average Bonchev–Trinajstić information content (AvgIpc) is 2.42. The Bertz CT molecular complexity index is 505. The van der Waals surface area contributed by atoms with Gasteiger partial charge < -0.3 is 4.74 Å². The Morgan fingerprint density at radius 3 is 2.11 bits per heavy atom. The molecule has 2 rings (SSSR count). The minimum atomic E-state index is 0.00649. The zero-order valence-electron chi connectivity index (χ0n) is 10.2. The van der Waals surface area contributed by atoms with Gasteiger partial charge in [0.15, 0.2) is 0 Å². The van der Waals surface area contributed by atoms with Crippen molar-refractivity contribution < 1.29 is 4.74 Å². The maximum absolute atomic E-state index is 5.59. The van der Waals surface area contributed by atoms with Crippen LogP contribution < -0.4 is 0 Å². The van der Waals surface area contributed by atoms with Gasteiger partial charge >= 0.3 is 0 Å². The van der Waals surface area contributed by atoms with E-state index in [1.54, 1.807) is 7.11 Å². The number of rotatable bonds is 4. The van der Waals surface area contributed by atoms with E-state index >= 15 is 0 Å². The first-order valence-electron chi connectivity index (χ1n) is 5.81. The predicted octanol–water partition coefficient (Wildman–Crippen LogP) is 4.85. The normalized spacial score (nSPS) is 13.3. The van der Waals surface area contributed by atoms with E-state index in [4.69, 9.17) is 4.74 Å². The summed E-state index contributed by atoms with van der Waals surface area (Å²) in [6.45, 7) is 0. The quantitative estimate of drug-likeness (QED) is 0.717. The largest absolute Gasteiger partial charge is 0.372 e. The molecule has 18 heavy (non-hydrogen) atoms. The molecule has 92 valence electrons. The molecule has 0 aromatic heterocycles. The van der Waals surface area contributed by atoms with Crippen LogP contribution in [-0.4, -0.2) is 7.11 Å². The summed E-state index contributed by atoms with van der Waals surface area (Å²) in [5, 5.41) is 0. The molecule has 0 bridgehead atoms. The van der Waals surface area contributed by atoms with Crippen LogP contribution in [0.4, 0.5) is 0 Å². The summed E-state index contributed by atoms with van der Waals surface area (Å²) in [7, 11) is 1.75. The molecule has 2 aromatic carbocycles. The van der Waals surface area contributed by atoms with E-state index in [9.17, 15) is 0 Å². The van der Waals surface area contributed by atoms with Gasteiger partial charge in [0.2, 0.25) is 0 Å². The van der Waals surface area contributed by atoms with Gasteiger partial charge in [0.1, 0.15) is 6.10 Å². The minimum Gasteiger partial charge on any atom is -0.372 e. The standard InChI is InChI=1S/C16H15IO/c1-18-16(14-10-6-3-7-11-14)15(17)12-13-8-4-2-5-9-13/h2-12,16H,1H3. The maximum Gasteiger partial charge on any atom is 0.113 e. The molecule has 1 nitrogen and oxygen atoms in total. The molecule has 0 amide bonds. The smallest absolute Gasteiger partial charge is 0.113 e. The lowest BCUT2D eigenvalue weighted by molar-refractivity contribution is 0.142. The third-order valence-corrected chi connectivity index (χ3v) is 3.57. The summed E-state index contributed by atoms with van der Waals surface area (Å²) in [4.78, 5) is 0. The Labute approximate surface area is 122 Å². The fraction of sp³-hybridized carbons (Fsp3) is 0.125. The van der Waals surface area contributed by atoms with Crippen molar-refractivity contribution in [1.29, 1.82) is 0 Å². The molecule has 0 spiro atoms. The number of hydrogen-bond donors (Lipinski definition) is 0. The highest BCUT2D eigenvalue weighted by Crippen LogP contribution is 2.31. The molecule has 2 heteroatoms. The van der Waals surface area contributed by atoms with Crippen molar-refractivity contribution >= 4 is 28.7 Å². The van der Waals surface area contributed by atoms with E-state index in [0.29, 0.717) is 0 Å². The van der Waals surface area contributed by atoms with Gasteiger partial charge in [-0.25, -0.2) is 0 Å². The highest BCUT2D eigenvalue weighted by molar-refractivity contribution is 14.1.